The molecule has 4 rings (SSSR count). The SMILES string of the molecule is CCOC(=O)c1nn(-c2ccccc2F)c(=O)c2c(NC(=O)c3ccc(S(N)(=O)=O)cc3)scc12. The summed E-state index contributed by atoms with van der Waals surface area (Å²) >= 11 is 0.962. The zero-order chi connectivity index (χ0) is 25.3. The zero-order valence-electron chi connectivity index (χ0n) is 18.0. The molecule has 4 aromatic rings. The fraction of sp³-hybridized carbons (Fsp3) is 0.0909. The van der Waals surface area contributed by atoms with Gasteiger partial charge in [-0.15, -0.1) is 11.3 Å². The van der Waals surface area contributed by atoms with Gasteiger partial charge in [0.1, 0.15) is 16.5 Å². The lowest BCUT2D eigenvalue weighted by Crippen LogP contribution is -2.26. The molecule has 35 heavy (non-hydrogen) atoms. The molecule has 3 N–H and O–H groups in total. The highest BCUT2D eigenvalue weighted by Gasteiger charge is 2.24. The van der Waals surface area contributed by atoms with Gasteiger partial charge >= 0.3 is 5.97 Å². The van der Waals surface area contributed by atoms with Crippen molar-refractivity contribution < 1.29 is 27.1 Å². The number of ether oxygens (including phenoxy) is 1. The molecule has 0 bridgehead atoms. The Morgan fingerprint density at radius 3 is 2.49 bits per heavy atom. The number of halogens is 1. The summed E-state index contributed by atoms with van der Waals surface area (Å²) < 4.78 is 43.1. The highest BCUT2D eigenvalue weighted by molar-refractivity contribution is 7.89. The lowest BCUT2D eigenvalue weighted by atomic mass is 10.2. The summed E-state index contributed by atoms with van der Waals surface area (Å²) in [5.41, 5.74) is -1.08. The van der Waals surface area contributed by atoms with E-state index in [1.54, 1.807) is 6.92 Å². The molecule has 2 aromatic carbocycles. The number of nitrogens with one attached hydrogen (secondary N) is 1. The number of hydrogen-bond acceptors (Lipinski definition) is 8. The van der Waals surface area contributed by atoms with E-state index in [4.69, 9.17) is 9.88 Å². The number of carbonyl (C=O) groups excluding carboxylic acids is 2. The maximum atomic E-state index is 14.5. The number of primary sulfonamides is 1. The molecule has 0 saturated carbocycles. The Bertz CT molecular complexity index is 1630. The number of thiophene rings is 1. The number of hydrogen-bond donors (Lipinski definition) is 2. The molecular formula is C22H17FN4O6S2. The number of benzene rings is 2. The molecule has 0 saturated heterocycles. The van der Waals surface area contributed by atoms with Gasteiger partial charge in [-0.2, -0.15) is 9.78 Å². The van der Waals surface area contributed by atoms with Crippen molar-refractivity contribution in [2.45, 2.75) is 11.8 Å². The number of nitrogens with zero attached hydrogens (tertiary/aromatic N) is 2. The van der Waals surface area contributed by atoms with Crippen LogP contribution in [-0.4, -0.2) is 36.7 Å². The van der Waals surface area contributed by atoms with Crippen LogP contribution < -0.4 is 16.0 Å². The third kappa shape index (κ3) is 4.69. The van der Waals surface area contributed by atoms with E-state index in [0.29, 0.717) is 0 Å². The van der Waals surface area contributed by atoms with E-state index in [2.05, 4.69) is 10.4 Å². The van der Waals surface area contributed by atoms with E-state index < -0.39 is 33.3 Å². The summed E-state index contributed by atoms with van der Waals surface area (Å²) in [5.74, 6) is -2.22. The molecule has 2 heterocycles. The molecule has 0 radical (unpaired) electrons. The van der Waals surface area contributed by atoms with Crippen LogP contribution in [0, 0.1) is 5.82 Å². The largest absolute Gasteiger partial charge is 0.461 e. The molecule has 2 aromatic heterocycles. The lowest BCUT2D eigenvalue weighted by Gasteiger charge is -2.10. The molecule has 0 aliphatic rings. The molecule has 180 valence electrons. The van der Waals surface area contributed by atoms with Crippen molar-refractivity contribution in [3.63, 3.8) is 0 Å². The third-order valence-electron chi connectivity index (χ3n) is 4.87. The quantitative estimate of drug-likeness (QED) is 0.374. The number of nitrogens with two attached hydrogens (primary N) is 1. The fourth-order valence-corrected chi connectivity index (χ4v) is 4.70. The minimum atomic E-state index is -3.94. The Balaban J connectivity index is 1.84. The van der Waals surface area contributed by atoms with Gasteiger partial charge in [-0.05, 0) is 43.3 Å². The van der Waals surface area contributed by atoms with Crippen LogP contribution in [0.5, 0.6) is 0 Å². The maximum Gasteiger partial charge on any atom is 0.359 e. The second-order valence-corrected chi connectivity index (χ2v) is 9.56. The van der Waals surface area contributed by atoms with Crippen LogP contribution >= 0.6 is 11.3 Å². The van der Waals surface area contributed by atoms with Crippen LogP contribution in [0.1, 0.15) is 27.8 Å². The molecule has 0 aliphatic heterocycles. The highest BCUT2D eigenvalue weighted by Crippen LogP contribution is 2.31. The van der Waals surface area contributed by atoms with E-state index in [-0.39, 0.29) is 44.2 Å². The second kappa shape index (κ2) is 9.37. The van der Waals surface area contributed by atoms with Gasteiger partial charge in [0, 0.05) is 16.3 Å². The first-order valence-electron chi connectivity index (χ1n) is 10.0. The van der Waals surface area contributed by atoms with Gasteiger partial charge in [-0.1, -0.05) is 12.1 Å². The van der Waals surface area contributed by atoms with Gasteiger partial charge < -0.3 is 10.1 Å². The van der Waals surface area contributed by atoms with Crippen molar-refractivity contribution in [3.8, 4) is 5.69 Å². The average Bonchev–Trinajstić information content (AvgIpc) is 3.23. The highest BCUT2D eigenvalue weighted by atomic mass is 32.2. The van der Waals surface area contributed by atoms with Crippen molar-refractivity contribution in [1.29, 1.82) is 0 Å². The van der Waals surface area contributed by atoms with Gasteiger partial charge in [0.2, 0.25) is 10.0 Å². The number of fused-ring (bicyclic) bond motifs is 1. The molecule has 1 amide bonds. The van der Waals surface area contributed by atoms with E-state index in [1.165, 1.54) is 47.8 Å². The van der Waals surface area contributed by atoms with E-state index in [0.717, 1.165) is 22.1 Å². The predicted octanol–water partition coefficient (Wildman–Crippen LogP) is 2.66. The Morgan fingerprint density at radius 1 is 1.17 bits per heavy atom. The summed E-state index contributed by atoms with van der Waals surface area (Å²) in [6.45, 7) is 1.64. The van der Waals surface area contributed by atoms with Gasteiger partial charge in [0.25, 0.3) is 11.5 Å². The fourth-order valence-electron chi connectivity index (χ4n) is 3.25. The van der Waals surface area contributed by atoms with Crippen LogP contribution in [0.2, 0.25) is 0 Å². The summed E-state index contributed by atoms with van der Waals surface area (Å²) in [6.07, 6.45) is 0. The van der Waals surface area contributed by atoms with Crippen LogP contribution in [-0.2, 0) is 14.8 Å². The minimum absolute atomic E-state index is 0.0447. The smallest absolute Gasteiger partial charge is 0.359 e. The average molecular weight is 517 g/mol. The number of rotatable bonds is 6. The number of para-hydroxylation sites is 1. The lowest BCUT2D eigenvalue weighted by molar-refractivity contribution is 0.0519. The van der Waals surface area contributed by atoms with E-state index in [9.17, 15) is 27.2 Å². The Labute approximate surface area is 201 Å². The monoisotopic (exact) mass is 516 g/mol. The molecule has 0 spiro atoms. The molecule has 0 fully saturated rings. The maximum absolute atomic E-state index is 14.5. The number of aromatic nitrogens is 2. The predicted molar refractivity (Wildman–Crippen MR) is 127 cm³/mol. The normalized spacial score (nSPS) is 11.4. The first-order chi connectivity index (χ1) is 16.6. The standard InChI is InChI=1S/C22H17FN4O6S2/c1-2-33-22(30)18-14-11-34-20(25-19(28)12-7-9-13(10-8-12)35(24,31)32)17(14)21(29)27(26-18)16-6-4-3-5-15(16)23/h3-11H,2H2,1H3,(H,25,28)(H2,24,31,32). The first kappa shape index (κ1) is 24.2. The summed E-state index contributed by atoms with van der Waals surface area (Å²) in [6, 6.07) is 10.3. The number of carbonyl (C=O) groups is 2. The first-order valence-corrected chi connectivity index (χ1v) is 12.4. The zero-order valence-corrected chi connectivity index (χ0v) is 19.7. The van der Waals surface area contributed by atoms with E-state index in [1.807, 2.05) is 0 Å². The van der Waals surface area contributed by atoms with Crippen LogP contribution in [0.15, 0.2) is 63.6 Å². The second-order valence-electron chi connectivity index (χ2n) is 7.11. The van der Waals surface area contributed by atoms with Crippen molar-refractivity contribution in [2.24, 2.45) is 5.14 Å². The number of anilines is 1. The van der Waals surface area contributed by atoms with Gasteiger partial charge in [-0.3, -0.25) is 9.59 Å². The van der Waals surface area contributed by atoms with Gasteiger partial charge in [0.05, 0.1) is 16.9 Å². The molecule has 0 atom stereocenters. The van der Waals surface area contributed by atoms with Crippen LogP contribution in [0.3, 0.4) is 0 Å². The molecular weight excluding hydrogens is 499 g/mol. The van der Waals surface area contributed by atoms with Gasteiger partial charge in [0.15, 0.2) is 5.69 Å². The van der Waals surface area contributed by atoms with Crippen molar-refractivity contribution in [2.75, 3.05) is 11.9 Å². The Morgan fingerprint density at radius 2 is 1.86 bits per heavy atom. The minimum Gasteiger partial charge on any atom is -0.461 e. The molecule has 0 unspecified atom stereocenters. The van der Waals surface area contributed by atoms with Crippen LogP contribution in [0.25, 0.3) is 16.5 Å². The van der Waals surface area contributed by atoms with Gasteiger partial charge in [-0.25, -0.2) is 22.7 Å². The summed E-state index contributed by atoms with van der Waals surface area (Å²) in [4.78, 5) is 38.5. The number of esters is 1. The summed E-state index contributed by atoms with van der Waals surface area (Å²) in [5, 5.41) is 13.3. The van der Waals surface area contributed by atoms with Crippen molar-refractivity contribution >= 4 is 49.0 Å². The summed E-state index contributed by atoms with van der Waals surface area (Å²) in [7, 11) is -3.94. The van der Waals surface area contributed by atoms with Crippen LogP contribution in [0.4, 0.5) is 9.39 Å². The Hall–Kier alpha value is -3.94. The van der Waals surface area contributed by atoms with Crippen molar-refractivity contribution in [3.05, 3.63) is 81.3 Å². The topological polar surface area (TPSA) is 150 Å². The molecule has 0 aliphatic carbocycles. The Kier molecular flexibility index (Phi) is 6.47. The van der Waals surface area contributed by atoms with E-state index >= 15 is 0 Å². The molecule has 13 heteroatoms. The third-order valence-corrected chi connectivity index (χ3v) is 6.70. The molecule has 10 nitrogen and oxygen atoms in total. The number of amides is 1. The van der Waals surface area contributed by atoms with Crippen molar-refractivity contribution in [1.82, 2.24) is 9.78 Å². The number of sulfonamides is 1.